The van der Waals surface area contributed by atoms with Gasteiger partial charge in [-0.3, -0.25) is 4.79 Å². The molecule has 0 heterocycles. The Bertz CT molecular complexity index is 882. The third-order valence-electron chi connectivity index (χ3n) is 4.91. The predicted octanol–water partition coefficient (Wildman–Crippen LogP) is 7.77. The highest BCUT2D eigenvalue weighted by molar-refractivity contribution is 6.53. The van der Waals surface area contributed by atoms with Gasteiger partial charge in [0.25, 0.3) is 0 Å². The van der Waals surface area contributed by atoms with Crippen LogP contribution in [0.25, 0.3) is 0 Å². The first kappa shape index (κ1) is 22.8. The molecule has 2 atom stereocenters. The van der Waals surface area contributed by atoms with Crippen LogP contribution < -0.4 is 10.6 Å². The van der Waals surface area contributed by atoms with Gasteiger partial charge < -0.3 is 10.6 Å². The number of carbonyl (C=O) groups excluding carboxylic acids is 1. The number of carbonyl (C=O) groups is 1. The average Bonchev–Trinajstić information content (AvgIpc) is 3.23. The van der Waals surface area contributed by atoms with Crippen LogP contribution in [0.1, 0.15) is 37.7 Å². The standard InChI is InChI=1S/C21H21Cl5N2O/c1-2-3-4-7-27-17-11-15(5-6-16(17)24)28-20(29)19-18(21(19,25)26)12-8-13(22)10-14(23)9-12/h5-6,8-11,18-19,27H,2-4,7H2,1H3,(H,28,29). The van der Waals surface area contributed by atoms with Gasteiger partial charge in [-0.15, -0.1) is 23.2 Å². The average molecular weight is 495 g/mol. The Labute approximate surface area is 196 Å². The lowest BCUT2D eigenvalue weighted by molar-refractivity contribution is -0.117. The number of anilines is 2. The molecule has 1 amide bonds. The summed E-state index contributed by atoms with van der Waals surface area (Å²) in [6.07, 6.45) is 3.34. The van der Waals surface area contributed by atoms with E-state index >= 15 is 0 Å². The number of benzene rings is 2. The quantitative estimate of drug-likeness (QED) is 0.291. The van der Waals surface area contributed by atoms with Crippen LogP contribution >= 0.6 is 58.0 Å². The molecule has 0 bridgehead atoms. The summed E-state index contributed by atoms with van der Waals surface area (Å²) in [7, 11) is 0. The normalized spacial score (nSPS) is 19.7. The molecular weight excluding hydrogens is 474 g/mol. The lowest BCUT2D eigenvalue weighted by Crippen LogP contribution is -2.17. The van der Waals surface area contributed by atoms with E-state index in [1.165, 1.54) is 0 Å². The van der Waals surface area contributed by atoms with Crippen LogP contribution in [0.15, 0.2) is 36.4 Å². The SMILES string of the molecule is CCCCCNc1cc(NC(=O)C2C(c3cc(Cl)cc(Cl)c3)C2(Cl)Cl)ccc1Cl. The van der Waals surface area contributed by atoms with Gasteiger partial charge in [-0.25, -0.2) is 0 Å². The van der Waals surface area contributed by atoms with Crippen LogP contribution in [0, 0.1) is 5.92 Å². The van der Waals surface area contributed by atoms with Crippen LogP contribution in [-0.2, 0) is 4.79 Å². The molecule has 2 unspecified atom stereocenters. The monoisotopic (exact) mass is 492 g/mol. The fraction of sp³-hybridized carbons (Fsp3) is 0.381. The smallest absolute Gasteiger partial charge is 0.231 e. The molecular formula is C21H21Cl5N2O. The molecule has 0 aliphatic heterocycles. The molecule has 3 nitrogen and oxygen atoms in total. The molecule has 29 heavy (non-hydrogen) atoms. The number of nitrogens with one attached hydrogen (secondary N) is 2. The van der Waals surface area contributed by atoms with Crippen molar-refractivity contribution in [1.29, 1.82) is 0 Å². The van der Waals surface area contributed by atoms with Crippen molar-refractivity contribution in [2.45, 2.75) is 36.4 Å². The Hall–Kier alpha value is -0.840. The van der Waals surface area contributed by atoms with E-state index in [-0.39, 0.29) is 11.8 Å². The summed E-state index contributed by atoms with van der Waals surface area (Å²) >= 11 is 31.2. The van der Waals surface area contributed by atoms with Crippen molar-refractivity contribution in [3.63, 3.8) is 0 Å². The van der Waals surface area contributed by atoms with Gasteiger partial charge in [0.1, 0.15) is 4.33 Å². The summed E-state index contributed by atoms with van der Waals surface area (Å²) in [6.45, 7) is 2.97. The second-order valence-corrected chi connectivity index (χ2v) is 9.87. The Kier molecular flexibility index (Phi) is 7.51. The van der Waals surface area contributed by atoms with E-state index in [2.05, 4.69) is 17.6 Å². The van der Waals surface area contributed by atoms with Gasteiger partial charge in [0.05, 0.1) is 16.6 Å². The summed E-state index contributed by atoms with van der Waals surface area (Å²) in [4.78, 5) is 12.8. The minimum Gasteiger partial charge on any atom is -0.384 e. The number of halogens is 5. The third-order valence-corrected chi connectivity index (χ3v) is 6.62. The fourth-order valence-electron chi connectivity index (χ4n) is 3.38. The van der Waals surface area contributed by atoms with Gasteiger partial charge in [-0.1, -0.05) is 54.6 Å². The molecule has 2 aromatic rings. The van der Waals surface area contributed by atoms with Gasteiger partial charge in [-0.2, -0.15) is 0 Å². The minimum atomic E-state index is -1.22. The van der Waals surface area contributed by atoms with Crippen LogP contribution in [0.5, 0.6) is 0 Å². The Morgan fingerprint density at radius 3 is 2.38 bits per heavy atom. The molecule has 3 rings (SSSR count). The van der Waals surface area contributed by atoms with E-state index < -0.39 is 10.3 Å². The number of hydrogen-bond acceptors (Lipinski definition) is 2. The van der Waals surface area contributed by atoms with E-state index in [0.29, 0.717) is 20.8 Å². The van der Waals surface area contributed by atoms with E-state index in [4.69, 9.17) is 58.0 Å². The molecule has 1 aliphatic carbocycles. The maximum absolute atomic E-state index is 12.8. The van der Waals surface area contributed by atoms with E-state index in [9.17, 15) is 4.79 Å². The summed E-state index contributed by atoms with van der Waals surface area (Å²) in [6, 6.07) is 10.4. The van der Waals surface area contributed by atoms with Crippen LogP contribution in [-0.4, -0.2) is 16.8 Å². The molecule has 0 spiro atoms. The van der Waals surface area contributed by atoms with Crippen molar-refractivity contribution in [3.8, 4) is 0 Å². The zero-order valence-corrected chi connectivity index (χ0v) is 19.5. The molecule has 156 valence electrons. The topological polar surface area (TPSA) is 41.1 Å². The fourth-order valence-corrected chi connectivity index (χ4v) is 4.93. The first-order valence-electron chi connectivity index (χ1n) is 9.42. The number of unbranched alkanes of at least 4 members (excludes halogenated alkanes) is 2. The first-order valence-corrected chi connectivity index (χ1v) is 11.3. The molecule has 0 aromatic heterocycles. The van der Waals surface area contributed by atoms with Crippen molar-refractivity contribution in [3.05, 3.63) is 57.0 Å². The van der Waals surface area contributed by atoms with Crippen molar-refractivity contribution < 1.29 is 4.79 Å². The minimum absolute atomic E-state index is 0.268. The second kappa shape index (κ2) is 9.53. The number of rotatable bonds is 8. The second-order valence-electron chi connectivity index (χ2n) is 7.15. The van der Waals surface area contributed by atoms with Crippen molar-refractivity contribution in [2.75, 3.05) is 17.2 Å². The van der Waals surface area contributed by atoms with Crippen molar-refractivity contribution in [1.82, 2.24) is 0 Å². The maximum Gasteiger partial charge on any atom is 0.231 e. The summed E-state index contributed by atoms with van der Waals surface area (Å²) in [5.74, 6) is -1.27. The van der Waals surface area contributed by atoms with Gasteiger partial charge >= 0.3 is 0 Å². The highest BCUT2D eigenvalue weighted by Gasteiger charge is 2.67. The van der Waals surface area contributed by atoms with Crippen LogP contribution in [0.4, 0.5) is 11.4 Å². The largest absolute Gasteiger partial charge is 0.384 e. The van der Waals surface area contributed by atoms with Crippen LogP contribution in [0.2, 0.25) is 15.1 Å². The van der Waals surface area contributed by atoms with Crippen LogP contribution in [0.3, 0.4) is 0 Å². The molecule has 2 N–H and O–H groups in total. The number of alkyl halides is 2. The predicted molar refractivity (Wildman–Crippen MR) is 125 cm³/mol. The molecule has 8 heteroatoms. The Morgan fingerprint density at radius 2 is 1.72 bits per heavy atom. The number of hydrogen-bond donors (Lipinski definition) is 2. The zero-order chi connectivity index (χ0) is 21.2. The lowest BCUT2D eigenvalue weighted by atomic mass is 10.1. The molecule has 1 fully saturated rings. The van der Waals surface area contributed by atoms with Gasteiger partial charge in [0.15, 0.2) is 0 Å². The summed E-state index contributed by atoms with van der Waals surface area (Å²) in [5.41, 5.74) is 2.14. The third kappa shape index (κ3) is 5.45. The highest BCUT2D eigenvalue weighted by Crippen LogP contribution is 2.65. The highest BCUT2D eigenvalue weighted by atomic mass is 35.5. The Balaban J connectivity index is 1.70. The van der Waals surface area contributed by atoms with Crippen molar-refractivity contribution in [2.24, 2.45) is 5.92 Å². The summed E-state index contributed by atoms with van der Waals surface area (Å²) < 4.78 is -1.22. The maximum atomic E-state index is 12.8. The summed E-state index contributed by atoms with van der Waals surface area (Å²) in [5, 5.41) is 7.73. The Morgan fingerprint density at radius 1 is 1.03 bits per heavy atom. The van der Waals surface area contributed by atoms with E-state index in [1.807, 2.05) is 6.07 Å². The first-order chi connectivity index (χ1) is 13.7. The van der Waals surface area contributed by atoms with E-state index in [1.54, 1.807) is 30.3 Å². The zero-order valence-electron chi connectivity index (χ0n) is 15.7. The lowest BCUT2D eigenvalue weighted by Gasteiger charge is -2.11. The molecule has 1 saturated carbocycles. The van der Waals surface area contributed by atoms with E-state index in [0.717, 1.165) is 37.1 Å². The number of amides is 1. The van der Waals surface area contributed by atoms with Gasteiger partial charge in [0, 0.05) is 28.2 Å². The molecule has 0 saturated heterocycles. The molecule has 1 aliphatic rings. The van der Waals surface area contributed by atoms with Gasteiger partial charge in [0.2, 0.25) is 5.91 Å². The van der Waals surface area contributed by atoms with Gasteiger partial charge in [-0.05, 0) is 48.4 Å². The molecule has 0 radical (unpaired) electrons. The molecule has 2 aromatic carbocycles. The van der Waals surface area contributed by atoms with Crippen molar-refractivity contribution >= 4 is 75.3 Å².